The number of hydrogen-bond donors (Lipinski definition) is 1. The number of imidazole rings is 1. The van der Waals surface area contributed by atoms with Gasteiger partial charge >= 0.3 is 0 Å². The van der Waals surface area contributed by atoms with Gasteiger partial charge in [-0.1, -0.05) is 6.07 Å². The van der Waals surface area contributed by atoms with Crippen LogP contribution in [-0.2, 0) is 0 Å². The molecule has 0 amide bonds. The Morgan fingerprint density at radius 1 is 1.50 bits per heavy atom. The van der Waals surface area contributed by atoms with E-state index in [4.69, 9.17) is 0 Å². The van der Waals surface area contributed by atoms with Crippen LogP contribution >= 0.6 is 15.9 Å². The first-order valence-electron chi connectivity index (χ1n) is 5.61. The number of nitrogens with zero attached hydrogens (tertiary/aromatic N) is 2. The van der Waals surface area contributed by atoms with Crippen LogP contribution in [0.1, 0.15) is 18.3 Å². The molecule has 1 fully saturated rings. The van der Waals surface area contributed by atoms with Crippen molar-refractivity contribution < 1.29 is 0 Å². The van der Waals surface area contributed by atoms with Crippen molar-refractivity contribution in [1.82, 2.24) is 14.9 Å². The van der Waals surface area contributed by atoms with E-state index >= 15 is 0 Å². The normalized spacial score (nSPS) is 20.8. The number of benzene rings is 1. The quantitative estimate of drug-likeness (QED) is 0.870. The molecule has 0 spiro atoms. The van der Waals surface area contributed by atoms with Crippen LogP contribution in [0.5, 0.6) is 0 Å². The second kappa shape index (κ2) is 3.86. The van der Waals surface area contributed by atoms with Crippen LogP contribution in [0.25, 0.3) is 11.0 Å². The number of halogens is 1. The molecule has 1 aromatic heterocycles. The summed E-state index contributed by atoms with van der Waals surface area (Å²) in [6.07, 6.45) is 1.19. The van der Waals surface area contributed by atoms with E-state index in [9.17, 15) is 0 Å². The van der Waals surface area contributed by atoms with Crippen LogP contribution < -0.4 is 5.32 Å². The highest BCUT2D eigenvalue weighted by molar-refractivity contribution is 9.10. The number of hydrogen-bond acceptors (Lipinski definition) is 2. The fourth-order valence-electron chi connectivity index (χ4n) is 2.53. The minimum Gasteiger partial charge on any atom is -0.323 e. The van der Waals surface area contributed by atoms with Crippen LogP contribution in [0, 0.1) is 6.92 Å². The van der Waals surface area contributed by atoms with Crippen molar-refractivity contribution in [3.63, 3.8) is 0 Å². The Bertz CT molecular complexity index is 526. The first kappa shape index (κ1) is 10.3. The lowest BCUT2D eigenvalue weighted by atomic mass is 10.2. The van der Waals surface area contributed by atoms with E-state index in [1.165, 1.54) is 11.9 Å². The molecule has 1 aliphatic heterocycles. The Balaban J connectivity index is 2.25. The number of aryl methyl sites for hydroxylation is 1. The predicted molar refractivity (Wildman–Crippen MR) is 68.7 cm³/mol. The zero-order valence-corrected chi connectivity index (χ0v) is 10.8. The van der Waals surface area contributed by atoms with E-state index in [-0.39, 0.29) is 0 Å². The van der Waals surface area contributed by atoms with Crippen molar-refractivity contribution >= 4 is 27.0 Å². The molecule has 3 nitrogen and oxygen atoms in total. The van der Waals surface area contributed by atoms with E-state index in [0.717, 1.165) is 28.9 Å². The van der Waals surface area contributed by atoms with Gasteiger partial charge in [-0.15, -0.1) is 0 Å². The first-order valence-corrected chi connectivity index (χ1v) is 6.40. The monoisotopic (exact) mass is 279 g/mol. The van der Waals surface area contributed by atoms with Crippen LogP contribution in [0.3, 0.4) is 0 Å². The first-order chi connectivity index (χ1) is 7.77. The average Bonchev–Trinajstić information content (AvgIpc) is 2.84. The van der Waals surface area contributed by atoms with Crippen molar-refractivity contribution in [1.29, 1.82) is 0 Å². The molecular weight excluding hydrogens is 266 g/mol. The standard InChI is InChI=1S/C12H14BrN3/c1-8-15-11-4-2-3-10(13)12(11)16(8)9-5-6-14-7-9/h2-4,9,14H,5-7H2,1H3. The fourth-order valence-corrected chi connectivity index (χ4v) is 3.08. The summed E-state index contributed by atoms with van der Waals surface area (Å²) in [6.45, 7) is 4.24. The summed E-state index contributed by atoms with van der Waals surface area (Å²) < 4.78 is 3.50. The largest absolute Gasteiger partial charge is 0.323 e. The number of fused-ring (bicyclic) bond motifs is 1. The maximum absolute atomic E-state index is 4.62. The van der Waals surface area contributed by atoms with Crippen molar-refractivity contribution in [2.45, 2.75) is 19.4 Å². The summed E-state index contributed by atoms with van der Waals surface area (Å²) in [6, 6.07) is 6.74. The molecule has 1 aliphatic rings. The summed E-state index contributed by atoms with van der Waals surface area (Å²) in [5, 5.41) is 3.41. The molecule has 0 bridgehead atoms. The van der Waals surface area contributed by atoms with Crippen LogP contribution in [0.4, 0.5) is 0 Å². The van der Waals surface area contributed by atoms with Gasteiger partial charge in [0.25, 0.3) is 0 Å². The SMILES string of the molecule is Cc1nc2cccc(Br)c2n1C1CCNC1. The average molecular weight is 280 g/mol. The highest BCUT2D eigenvalue weighted by Crippen LogP contribution is 2.29. The Labute approximate surface area is 103 Å². The van der Waals surface area contributed by atoms with Gasteiger partial charge in [-0.25, -0.2) is 4.98 Å². The molecule has 3 rings (SSSR count). The van der Waals surface area contributed by atoms with E-state index in [0.29, 0.717) is 6.04 Å². The third-order valence-electron chi connectivity index (χ3n) is 3.24. The van der Waals surface area contributed by atoms with Crippen molar-refractivity contribution in [2.75, 3.05) is 13.1 Å². The maximum Gasteiger partial charge on any atom is 0.107 e. The van der Waals surface area contributed by atoms with E-state index in [1.807, 2.05) is 6.07 Å². The highest BCUT2D eigenvalue weighted by Gasteiger charge is 2.21. The van der Waals surface area contributed by atoms with Crippen molar-refractivity contribution in [3.05, 3.63) is 28.5 Å². The van der Waals surface area contributed by atoms with Crippen LogP contribution in [-0.4, -0.2) is 22.6 Å². The van der Waals surface area contributed by atoms with Gasteiger partial charge in [-0.05, 0) is 48.0 Å². The molecule has 1 N–H and O–H groups in total. The van der Waals surface area contributed by atoms with Crippen molar-refractivity contribution in [3.8, 4) is 0 Å². The zero-order chi connectivity index (χ0) is 11.1. The molecule has 0 aliphatic carbocycles. The third-order valence-corrected chi connectivity index (χ3v) is 3.88. The van der Waals surface area contributed by atoms with Crippen LogP contribution in [0.15, 0.2) is 22.7 Å². The molecule has 0 radical (unpaired) electrons. The molecular formula is C12H14BrN3. The highest BCUT2D eigenvalue weighted by atomic mass is 79.9. The van der Waals surface area contributed by atoms with Gasteiger partial charge in [0, 0.05) is 17.1 Å². The Kier molecular flexibility index (Phi) is 2.48. The van der Waals surface area contributed by atoms with Gasteiger partial charge in [0.2, 0.25) is 0 Å². The zero-order valence-electron chi connectivity index (χ0n) is 9.20. The number of rotatable bonds is 1. The topological polar surface area (TPSA) is 29.9 Å². The Hall–Kier alpha value is -0.870. The van der Waals surface area contributed by atoms with Gasteiger partial charge in [0.05, 0.1) is 11.0 Å². The second-order valence-corrected chi connectivity index (χ2v) is 5.14. The summed E-state index contributed by atoms with van der Waals surface area (Å²) in [5.74, 6) is 1.11. The lowest BCUT2D eigenvalue weighted by molar-refractivity contribution is 0.547. The summed E-state index contributed by atoms with van der Waals surface area (Å²) in [5.41, 5.74) is 2.31. The molecule has 0 saturated carbocycles. The molecule has 1 unspecified atom stereocenters. The molecule has 2 aromatic rings. The van der Waals surface area contributed by atoms with Crippen molar-refractivity contribution in [2.24, 2.45) is 0 Å². The molecule has 1 saturated heterocycles. The fraction of sp³-hybridized carbons (Fsp3) is 0.417. The smallest absolute Gasteiger partial charge is 0.107 e. The van der Waals surface area contributed by atoms with E-state index < -0.39 is 0 Å². The Morgan fingerprint density at radius 2 is 2.38 bits per heavy atom. The van der Waals surface area contributed by atoms with Gasteiger partial charge in [0.15, 0.2) is 0 Å². The second-order valence-electron chi connectivity index (χ2n) is 4.28. The lowest BCUT2D eigenvalue weighted by Gasteiger charge is -2.14. The van der Waals surface area contributed by atoms with Gasteiger partial charge < -0.3 is 9.88 Å². The number of aromatic nitrogens is 2. The number of nitrogens with one attached hydrogen (secondary N) is 1. The molecule has 1 atom stereocenters. The van der Waals surface area contributed by atoms with Gasteiger partial charge in [-0.3, -0.25) is 0 Å². The summed E-state index contributed by atoms with van der Waals surface area (Å²) >= 11 is 3.63. The van der Waals surface area contributed by atoms with Crippen LogP contribution in [0.2, 0.25) is 0 Å². The molecule has 16 heavy (non-hydrogen) atoms. The maximum atomic E-state index is 4.62. The summed E-state index contributed by atoms with van der Waals surface area (Å²) in [7, 11) is 0. The minimum absolute atomic E-state index is 0.545. The van der Waals surface area contributed by atoms with E-state index in [2.05, 4.69) is 49.9 Å². The van der Waals surface area contributed by atoms with E-state index in [1.54, 1.807) is 0 Å². The molecule has 2 heterocycles. The summed E-state index contributed by atoms with van der Waals surface area (Å²) in [4.78, 5) is 4.62. The molecule has 84 valence electrons. The Morgan fingerprint density at radius 3 is 3.12 bits per heavy atom. The minimum atomic E-state index is 0.545. The lowest BCUT2D eigenvalue weighted by Crippen LogP contribution is -2.14. The molecule has 1 aromatic carbocycles. The molecule has 4 heteroatoms. The predicted octanol–water partition coefficient (Wildman–Crippen LogP) is 2.64. The van der Waals surface area contributed by atoms with Gasteiger partial charge in [0.1, 0.15) is 5.82 Å². The third kappa shape index (κ3) is 1.48. The van der Waals surface area contributed by atoms with Gasteiger partial charge in [-0.2, -0.15) is 0 Å². The number of para-hydroxylation sites is 1.